The predicted octanol–water partition coefficient (Wildman–Crippen LogP) is 6.02. The van der Waals surface area contributed by atoms with Crippen molar-refractivity contribution < 1.29 is 9.90 Å². The first-order chi connectivity index (χ1) is 17.8. The van der Waals surface area contributed by atoms with Gasteiger partial charge in [-0.25, -0.2) is 0 Å². The van der Waals surface area contributed by atoms with Gasteiger partial charge in [-0.15, -0.1) is 0 Å². The van der Waals surface area contributed by atoms with E-state index in [0.29, 0.717) is 16.7 Å². The van der Waals surface area contributed by atoms with Crippen LogP contribution in [-0.4, -0.2) is 59.6 Å². The number of allylic oxidation sites excluding steroid dienone is 1. The lowest BCUT2D eigenvalue weighted by atomic mass is 9.47. The van der Waals surface area contributed by atoms with Gasteiger partial charge >= 0.3 is 0 Å². The van der Waals surface area contributed by atoms with Crippen molar-refractivity contribution in [2.75, 3.05) is 32.7 Å². The SMILES string of the molecule is C[C@H](CN1CCN(C(=O)c2ccccc2)CC1)[C@H]1CCC2C3CC=C4C[C@@H](O)CC[C@]4(C)C3CC[C@@]21C. The van der Waals surface area contributed by atoms with E-state index in [1.807, 2.05) is 35.2 Å². The lowest BCUT2D eigenvalue weighted by Crippen LogP contribution is -2.52. The van der Waals surface area contributed by atoms with Gasteiger partial charge in [0, 0.05) is 38.3 Å². The van der Waals surface area contributed by atoms with Gasteiger partial charge < -0.3 is 10.0 Å². The molecule has 0 aromatic heterocycles. The molecule has 0 spiro atoms. The highest BCUT2D eigenvalue weighted by Crippen LogP contribution is 2.67. The molecule has 1 amide bonds. The normalized spacial score (nSPS) is 40.8. The van der Waals surface area contributed by atoms with Gasteiger partial charge in [0.15, 0.2) is 0 Å². The van der Waals surface area contributed by atoms with Crippen LogP contribution in [0.5, 0.6) is 0 Å². The van der Waals surface area contributed by atoms with E-state index in [1.54, 1.807) is 5.57 Å². The number of carbonyl (C=O) groups excluding carboxylic acids is 1. The molecule has 6 rings (SSSR count). The van der Waals surface area contributed by atoms with Crippen LogP contribution < -0.4 is 0 Å². The number of rotatable bonds is 4. The molecule has 0 radical (unpaired) electrons. The fourth-order valence-electron chi connectivity index (χ4n) is 10.0. The molecule has 37 heavy (non-hydrogen) atoms. The lowest BCUT2D eigenvalue weighted by Gasteiger charge is -2.58. The van der Waals surface area contributed by atoms with Crippen LogP contribution in [0.25, 0.3) is 0 Å². The quantitative estimate of drug-likeness (QED) is 0.510. The number of aliphatic hydroxyl groups excluding tert-OH is 1. The maximum atomic E-state index is 12.9. The Kier molecular flexibility index (Phi) is 6.80. The molecule has 1 aromatic rings. The average Bonchev–Trinajstić information content (AvgIpc) is 3.27. The largest absolute Gasteiger partial charge is 0.393 e. The first-order valence-corrected chi connectivity index (χ1v) is 15.2. The highest BCUT2D eigenvalue weighted by molar-refractivity contribution is 5.94. The number of benzene rings is 1. The van der Waals surface area contributed by atoms with Crippen LogP contribution in [0.15, 0.2) is 42.0 Å². The summed E-state index contributed by atoms with van der Waals surface area (Å²) in [7, 11) is 0. The van der Waals surface area contributed by atoms with E-state index < -0.39 is 0 Å². The third-order valence-electron chi connectivity index (χ3n) is 12.1. The summed E-state index contributed by atoms with van der Waals surface area (Å²) in [6, 6.07) is 9.75. The molecule has 8 atom stereocenters. The molecule has 4 aliphatic carbocycles. The number of fused-ring (bicyclic) bond motifs is 5. The van der Waals surface area contributed by atoms with Crippen molar-refractivity contribution in [3.8, 4) is 0 Å². The molecule has 3 unspecified atom stereocenters. The number of nitrogens with zero attached hydrogens (tertiary/aromatic N) is 2. The van der Waals surface area contributed by atoms with Crippen molar-refractivity contribution >= 4 is 5.91 Å². The Hall–Kier alpha value is -1.65. The van der Waals surface area contributed by atoms with Gasteiger partial charge in [0.2, 0.25) is 0 Å². The smallest absolute Gasteiger partial charge is 0.253 e. The molecular formula is C33H48N2O2. The maximum Gasteiger partial charge on any atom is 0.253 e. The second kappa shape index (κ2) is 9.83. The fourth-order valence-corrected chi connectivity index (χ4v) is 10.0. The molecule has 1 saturated heterocycles. The van der Waals surface area contributed by atoms with Gasteiger partial charge in [-0.05, 0) is 104 Å². The molecule has 1 heterocycles. The molecule has 1 N–H and O–H groups in total. The predicted molar refractivity (Wildman–Crippen MR) is 149 cm³/mol. The molecule has 3 saturated carbocycles. The van der Waals surface area contributed by atoms with Crippen molar-refractivity contribution in [3.05, 3.63) is 47.5 Å². The fraction of sp³-hybridized carbons (Fsp3) is 0.727. The lowest BCUT2D eigenvalue weighted by molar-refractivity contribution is -0.0590. The Balaban J connectivity index is 1.08. The zero-order valence-corrected chi connectivity index (χ0v) is 23.4. The van der Waals surface area contributed by atoms with Crippen LogP contribution >= 0.6 is 0 Å². The van der Waals surface area contributed by atoms with Crippen molar-refractivity contribution in [2.45, 2.75) is 78.2 Å². The van der Waals surface area contributed by atoms with E-state index in [2.05, 4.69) is 31.7 Å². The molecule has 4 heteroatoms. The number of carbonyl (C=O) groups is 1. The Morgan fingerprint density at radius 3 is 2.51 bits per heavy atom. The molecule has 5 aliphatic rings. The maximum absolute atomic E-state index is 12.9. The number of aliphatic hydroxyl groups is 1. The summed E-state index contributed by atoms with van der Waals surface area (Å²) >= 11 is 0. The van der Waals surface area contributed by atoms with E-state index in [4.69, 9.17) is 0 Å². The van der Waals surface area contributed by atoms with Crippen LogP contribution in [0.1, 0.15) is 82.5 Å². The van der Waals surface area contributed by atoms with Crippen LogP contribution in [0.2, 0.25) is 0 Å². The van der Waals surface area contributed by atoms with Crippen molar-refractivity contribution in [3.63, 3.8) is 0 Å². The summed E-state index contributed by atoms with van der Waals surface area (Å²) in [5.74, 6) is 4.23. The highest BCUT2D eigenvalue weighted by Gasteiger charge is 2.59. The summed E-state index contributed by atoms with van der Waals surface area (Å²) in [6.07, 6.45) is 12.4. The third-order valence-corrected chi connectivity index (χ3v) is 12.1. The molecule has 1 aliphatic heterocycles. The van der Waals surface area contributed by atoms with Crippen molar-refractivity contribution in [1.82, 2.24) is 9.80 Å². The van der Waals surface area contributed by atoms with Gasteiger partial charge in [0.05, 0.1) is 6.10 Å². The first-order valence-electron chi connectivity index (χ1n) is 15.2. The summed E-state index contributed by atoms with van der Waals surface area (Å²) in [5, 5.41) is 10.3. The first kappa shape index (κ1) is 25.6. The molecule has 4 fully saturated rings. The number of hydrogen-bond acceptors (Lipinski definition) is 3. The minimum atomic E-state index is -0.111. The summed E-state index contributed by atoms with van der Waals surface area (Å²) in [4.78, 5) is 17.5. The van der Waals surface area contributed by atoms with E-state index in [1.165, 1.54) is 45.1 Å². The second-order valence-corrected chi connectivity index (χ2v) is 13.8. The van der Waals surface area contributed by atoms with E-state index in [0.717, 1.165) is 68.3 Å². The van der Waals surface area contributed by atoms with Crippen molar-refractivity contribution in [2.24, 2.45) is 40.4 Å². The molecule has 202 valence electrons. The van der Waals surface area contributed by atoms with Gasteiger partial charge in [0.25, 0.3) is 5.91 Å². The number of piperazine rings is 1. The number of amides is 1. The van der Waals surface area contributed by atoms with E-state index in [9.17, 15) is 9.90 Å². The van der Waals surface area contributed by atoms with Gasteiger partial charge in [-0.2, -0.15) is 0 Å². The zero-order chi connectivity index (χ0) is 25.8. The monoisotopic (exact) mass is 504 g/mol. The van der Waals surface area contributed by atoms with Gasteiger partial charge in [-0.3, -0.25) is 9.69 Å². The molecule has 1 aromatic carbocycles. The minimum absolute atomic E-state index is 0.111. The topological polar surface area (TPSA) is 43.8 Å². The summed E-state index contributed by atoms with van der Waals surface area (Å²) < 4.78 is 0. The zero-order valence-electron chi connectivity index (χ0n) is 23.4. The van der Waals surface area contributed by atoms with Gasteiger partial charge in [-0.1, -0.05) is 50.6 Å². The Bertz CT molecular complexity index is 1010. The van der Waals surface area contributed by atoms with Crippen LogP contribution in [0.4, 0.5) is 0 Å². The highest BCUT2D eigenvalue weighted by atomic mass is 16.3. The molecule has 0 bridgehead atoms. The molecule has 4 nitrogen and oxygen atoms in total. The third kappa shape index (κ3) is 4.40. The average molecular weight is 505 g/mol. The standard InChI is InChI=1S/C33H48N2O2/c1-23(22-34-17-19-35(20-18-34)31(37)24-7-5-4-6-8-24)28-11-12-29-27-10-9-25-21-26(36)13-15-32(25,2)30(27)14-16-33(28,29)3/h4-9,23,26-30,36H,10-22H2,1-3H3/t23-,26+,27?,28-,29?,30?,32+,33-/m1/s1. The van der Waals surface area contributed by atoms with Gasteiger partial charge in [0.1, 0.15) is 0 Å². The van der Waals surface area contributed by atoms with Crippen LogP contribution in [0.3, 0.4) is 0 Å². The van der Waals surface area contributed by atoms with E-state index in [-0.39, 0.29) is 12.0 Å². The summed E-state index contributed by atoms with van der Waals surface area (Å²) in [5.41, 5.74) is 3.21. The second-order valence-electron chi connectivity index (χ2n) is 13.8. The van der Waals surface area contributed by atoms with Crippen molar-refractivity contribution in [1.29, 1.82) is 0 Å². The summed E-state index contributed by atoms with van der Waals surface area (Å²) in [6.45, 7) is 12.6. The minimum Gasteiger partial charge on any atom is -0.393 e. The number of hydrogen-bond donors (Lipinski definition) is 1. The van der Waals surface area contributed by atoms with E-state index >= 15 is 0 Å². The van der Waals surface area contributed by atoms with Crippen LogP contribution in [-0.2, 0) is 0 Å². The Labute approximate surface area is 224 Å². The Morgan fingerprint density at radius 2 is 1.76 bits per heavy atom. The van der Waals surface area contributed by atoms with Crippen LogP contribution in [0, 0.1) is 40.4 Å². The Morgan fingerprint density at radius 1 is 1.00 bits per heavy atom. The molecular weight excluding hydrogens is 456 g/mol.